The van der Waals surface area contributed by atoms with Crippen LogP contribution in [0.4, 0.5) is 10.5 Å². The zero-order chi connectivity index (χ0) is 23.6. The third-order valence-corrected chi connectivity index (χ3v) is 6.08. The van der Waals surface area contributed by atoms with Crippen LogP contribution in [0.3, 0.4) is 0 Å². The first kappa shape index (κ1) is 24.4. The maximum Gasteiger partial charge on any atom is 0.322 e. The zero-order valence-electron chi connectivity index (χ0n) is 19.2. The predicted octanol–water partition coefficient (Wildman–Crippen LogP) is 4.88. The molecule has 3 rings (SSSR count). The first-order valence-corrected chi connectivity index (χ1v) is 11.8. The van der Waals surface area contributed by atoms with E-state index in [1.54, 1.807) is 17.4 Å². The highest BCUT2D eigenvalue weighted by Gasteiger charge is 2.19. The molecule has 1 aromatic heterocycles. The van der Waals surface area contributed by atoms with Crippen LogP contribution in [0.2, 0.25) is 0 Å². The highest BCUT2D eigenvalue weighted by atomic mass is 32.1. The molecule has 0 aliphatic heterocycles. The molecular formula is C25H30N4O3S. The first-order chi connectivity index (χ1) is 16.0. The van der Waals surface area contributed by atoms with Gasteiger partial charge in [0, 0.05) is 24.7 Å². The molecule has 33 heavy (non-hydrogen) atoms. The van der Waals surface area contributed by atoms with Gasteiger partial charge in [0.1, 0.15) is 10.7 Å². The Bertz CT molecular complexity index is 1050. The molecule has 1 unspecified atom stereocenters. The minimum Gasteiger partial charge on any atom is -0.383 e. The average Bonchev–Trinajstić information content (AvgIpc) is 3.31. The highest BCUT2D eigenvalue weighted by Crippen LogP contribution is 2.19. The third-order valence-electron chi connectivity index (χ3n) is 5.25. The van der Waals surface area contributed by atoms with Gasteiger partial charge in [-0.3, -0.25) is 4.79 Å². The van der Waals surface area contributed by atoms with E-state index in [4.69, 9.17) is 4.74 Å². The Morgan fingerprint density at radius 2 is 1.85 bits per heavy atom. The van der Waals surface area contributed by atoms with Crippen molar-refractivity contribution in [2.45, 2.75) is 32.9 Å². The van der Waals surface area contributed by atoms with Crippen molar-refractivity contribution in [3.63, 3.8) is 0 Å². The molecule has 0 fully saturated rings. The predicted molar refractivity (Wildman–Crippen MR) is 132 cm³/mol. The van der Waals surface area contributed by atoms with Gasteiger partial charge in [0.25, 0.3) is 5.91 Å². The van der Waals surface area contributed by atoms with Crippen LogP contribution >= 0.6 is 11.3 Å². The number of methoxy groups -OCH3 is 1. The lowest BCUT2D eigenvalue weighted by molar-refractivity contribution is 0.0935. The Labute approximate surface area is 198 Å². The second-order valence-corrected chi connectivity index (χ2v) is 8.53. The summed E-state index contributed by atoms with van der Waals surface area (Å²) in [5.74, 6) is -0.237. The van der Waals surface area contributed by atoms with E-state index in [1.807, 2.05) is 61.5 Å². The van der Waals surface area contributed by atoms with Crippen LogP contribution in [0.5, 0.6) is 0 Å². The lowest BCUT2D eigenvalue weighted by Gasteiger charge is -2.22. The average molecular weight is 467 g/mol. The second kappa shape index (κ2) is 12.1. The molecule has 1 heterocycles. The van der Waals surface area contributed by atoms with Crippen molar-refractivity contribution in [1.29, 1.82) is 0 Å². The molecule has 0 aliphatic rings. The maximum atomic E-state index is 13.0. The van der Waals surface area contributed by atoms with Gasteiger partial charge in [-0.2, -0.15) is 0 Å². The molecule has 1 atom stereocenters. The molecule has 3 amide bonds. The molecule has 0 saturated carbocycles. The summed E-state index contributed by atoms with van der Waals surface area (Å²) >= 11 is 1.36. The van der Waals surface area contributed by atoms with Crippen LogP contribution in [0.15, 0.2) is 60.0 Å². The summed E-state index contributed by atoms with van der Waals surface area (Å²) in [6, 6.07) is 17.2. The van der Waals surface area contributed by atoms with Gasteiger partial charge >= 0.3 is 6.03 Å². The Kier molecular flexibility index (Phi) is 8.97. The molecule has 3 aromatic rings. The van der Waals surface area contributed by atoms with Gasteiger partial charge in [-0.15, -0.1) is 11.3 Å². The standard InChI is InChI=1S/C25H30N4O3S/c1-4-19-10-8-9-13-21(19)28-25(31)29(14-15-32-3)16-23-27-22(17-33-23)24(30)26-18(2)20-11-6-5-7-12-20/h5-13,17-18H,4,14-16H2,1-3H3,(H,26,30)(H,28,31). The topological polar surface area (TPSA) is 83.6 Å². The lowest BCUT2D eigenvalue weighted by atomic mass is 10.1. The van der Waals surface area contributed by atoms with E-state index in [9.17, 15) is 9.59 Å². The Morgan fingerprint density at radius 3 is 2.58 bits per heavy atom. The summed E-state index contributed by atoms with van der Waals surface area (Å²) in [6.07, 6.45) is 0.820. The van der Waals surface area contributed by atoms with Crippen LogP contribution in [0.25, 0.3) is 0 Å². The van der Waals surface area contributed by atoms with Gasteiger partial charge < -0.3 is 20.3 Å². The number of carbonyl (C=O) groups excluding carboxylic acids is 2. The molecule has 0 bridgehead atoms. The molecule has 2 N–H and O–H groups in total. The van der Waals surface area contributed by atoms with Gasteiger partial charge in [0.05, 0.1) is 19.2 Å². The van der Waals surface area contributed by atoms with E-state index in [2.05, 4.69) is 22.5 Å². The van der Waals surface area contributed by atoms with E-state index < -0.39 is 0 Å². The van der Waals surface area contributed by atoms with Crippen LogP contribution < -0.4 is 10.6 Å². The number of ether oxygens (including phenoxy) is 1. The highest BCUT2D eigenvalue weighted by molar-refractivity contribution is 7.09. The molecule has 0 radical (unpaired) electrons. The van der Waals surface area contributed by atoms with Crippen LogP contribution in [-0.4, -0.2) is 42.1 Å². The molecule has 174 valence electrons. The van der Waals surface area contributed by atoms with E-state index in [1.165, 1.54) is 11.3 Å². The van der Waals surface area contributed by atoms with Crippen LogP contribution in [0.1, 0.15) is 46.5 Å². The van der Waals surface area contributed by atoms with E-state index in [0.29, 0.717) is 23.9 Å². The van der Waals surface area contributed by atoms with Gasteiger partial charge in [-0.25, -0.2) is 9.78 Å². The summed E-state index contributed by atoms with van der Waals surface area (Å²) in [7, 11) is 1.60. The number of carbonyl (C=O) groups is 2. The summed E-state index contributed by atoms with van der Waals surface area (Å²) < 4.78 is 5.18. The summed E-state index contributed by atoms with van der Waals surface area (Å²) in [5, 5.41) is 8.37. The Morgan fingerprint density at radius 1 is 1.12 bits per heavy atom. The molecule has 0 aliphatic carbocycles. The normalized spacial score (nSPS) is 11.6. The number of nitrogens with one attached hydrogen (secondary N) is 2. The summed E-state index contributed by atoms with van der Waals surface area (Å²) in [6.45, 7) is 5.08. The first-order valence-electron chi connectivity index (χ1n) is 10.9. The largest absolute Gasteiger partial charge is 0.383 e. The molecule has 2 aromatic carbocycles. The number of hydrogen-bond donors (Lipinski definition) is 2. The molecule has 0 saturated heterocycles. The van der Waals surface area contributed by atoms with E-state index >= 15 is 0 Å². The number of nitrogens with zero attached hydrogens (tertiary/aromatic N) is 2. The Hall–Kier alpha value is -3.23. The fraction of sp³-hybridized carbons (Fsp3) is 0.320. The van der Waals surface area contributed by atoms with Gasteiger partial charge in [-0.05, 0) is 30.5 Å². The van der Waals surface area contributed by atoms with Crippen molar-refractivity contribution in [3.8, 4) is 0 Å². The number of aryl methyl sites for hydroxylation is 1. The quantitative estimate of drug-likeness (QED) is 0.446. The van der Waals surface area contributed by atoms with Crippen molar-refractivity contribution < 1.29 is 14.3 Å². The molecule has 0 spiro atoms. The number of aromatic nitrogens is 1. The molecule has 7 nitrogen and oxygen atoms in total. The number of urea groups is 1. The van der Waals surface area contributed by atoms with Crippen molar-refractivity contribution in [3.05, 3.63) is 81.8 Å². The molecule has 8 heteroatoms. The molecular weight excluding hydrogens is 436 g/mol. The van der Waals surface area contributed by atoms with E-state index in [-0.39, 0.29) is 24.5 Å². The van der Waals surface area contributed by atoms with Crippen LogP contribution in [-0.2, 0) is 17.7 Å². The Balaban J connectivity index is 1.66. The van der Waals surface area contributed by atoms with Gasteiger partial charge in [0.2, 0.25) is 0 Å². The second-order valence-electron chi connectivity index (χ2n) is 7.59. The number of amides is 3. The van der Waals surface area contributed by atoms with Crippen molar-refractivity contribution >= 4 is 29.0 Å². The summed E-state index contributed by atoms with van der Waals surface area (Å²) in [5.41, 5.74) is 3.23. The van der Waals surface area contributed by atoms with Crippen LogP contribution in [0, 0.1) is 0 Å². The minimum absolute atomic E-state index is 0.133. The SMILES string of the molecule is CCc1ccccc1NC(=O)N(CCOC)Cc1nc(C(=O)NC(C)c2ccccc2)cs1. The number of thiazole rings is 1. The number of para-hydroxylation sites is 1. The number of benzene rings is 2. The van der Waals surface area contributed by atoms with Gasteiger partial charge in [0.15, 0.2) is 0 Å². The number of rotatable bonds is 10. The fourth-order valence-electron chi connectivity index (χ4n) is 3.35. The van der Waals surface area contributed by atoms with Crippen molar-refractivity contribution in [1.82, 2.24) is 15.2 Å². The smallest absolute Gasteiger partial charge is 0.322 e. The summed E-state index contributed by atoms with van der Waals surface area (Å²) in [4.78, 5) is 31.8. The van der Waals surface area contributed by atoms with E-state index in [0.717, 1.165) is 23.2 Å². The zero-order valence-corrected chi connectivity index (χ0v) is 20.0. The fourth-order valence-corrected chi connectivity index (χ4v) is 4.13. The van der Waals surface area contributed by atoms with Gasteiger partial charge in [-0.1, -0.05) is 55.5 Å². The monoisotopic (exact) mass is 466 g/mol. The number of anilines is 1. The maximum absolute atomic E-state index is 13.0. The van der Waals surface area contributed by atoms with Crippen molar-refractivity contribution in [2.24, 2.45) is 0 Å². The number of hydrogen-bond acceptors (Lipinski definition) is 5. The third kappa shape index (κ3) is 6.87. The van der Waals surface area contributed by atoms with Crippen molar-refractivity contribution in [2.75, 3.05) is 25.6 Å². The lowest BCUT2D eigenvalue weighted by Crippen LogP contribution is -2.37. The minimum atomic E-state index is -0.237.